The second-order valence-corrected chi connectivity index (χ2v) is 6.65. The molecule has 1 atom stereocenters. The van der Waals surface area contributed by atoms with E-state index >= 15 is 0 Å². The third-order valence-electron chi connectivity index (χ3n) is 4.10. The Bertz CT molecular complexity index is 884. The van der Waals surface area contributed by atoms with E-state index in [1.165, 1.54) is 0 Å². The number of nitrogens with one attached hydrogen (secondary N) is 1. The number of hydrogen-bond acceptors (Lipinski definition) is 5. The monoisotopic (exact) mass is 368 g/mol. The number of halogens is 1. The lowest BCUT2D eigenvalue weighted by Crippen LogP contribution is -2.31. The van der Waals surface area contributed by atoms with Crippen LogP contribution >= 0.6 is 11.6 Å². The van der Waals surface area contributed by atoms with Crippen LogP contribution in [0.1, 0.15) is 25.1 Å². The zero-order chi connectivity index (χ0) is 18.6. The molecule has 1 aromatic carbocycles. The van der Waals surface area contributed by atoms with Gasteiger partial charge >= 0.3 is 0 Å². The first kappa shape index (κ1) is 18.3. The summed E-state index contributed by atoms with van der Waals surface area (Å²) in [5.41, 5.74) is 1.15. The van der Waals surface area contributed by atoms with Crippen LogP contribution in [-0.4, -0.2) is 26.6 Å². The quantitative estimate of drug-likeness (QED) is 0.686. The van der Waals surface area contributed by atoms with Gasteiger partial charge in [0, 0.05) is 35.1 Å². The second-order valence-electron chi connectivity index (χ2n) is 6.24. The van der Waals surface area contributed by atoms with Crippen LogP contribution in [0.3, 0.4) is 0 Å². The summed E-state index contributed by atoms with van der Waals surface area (Å²) in [6.45, 7) is 4.02. The molecule has 0 aliphatic heterocycles. The minimum absolute atomic E-state index is 0.262. The van der Waals surface area contributed by atoms with Crippen molar-refractivity contribution in [3.8, 4) is 11.5 Å². The van der Waals surface area contributed by atoms with Crippen LogP contribution in [0.2, 0.25) is 5.02 Å². The Labute approximate surface area is 158 Å². The van der Waals surface area contributed by atoms with E-state index in [0.717, 1.165) is 12.1 Å². The van der Waals surface area contributed by atoms with Gasteiger partial charge in [-0.3, -0.25) is 4.98 Å². The molecule has 5 nitrogen and oxygen atoms in total. The van der Waals surface area contributed by atoms with Gasteiger partial charge in [0.25, 0.3) is 0 Å². The maximum absolute atomic E-state index is 10.8. The Morgan fingerprint density at radius 3 is 2.58 bits per heavy atom. The van der Waals surface area contributed by atoms with Crippen molar-refractivity contribution in [3.05, 3.63) is 71.0 Å². The van der Waals surface area contributed by atoms with Crippen LogP contribution in [0.4, 0.5) is 5.82 Å². The Morgan fingerprint density at radius 1 is 1.12 bits per heavy atom. The molecule has 0 radical (unpaired) electrons. The van der Waals surface area contributed by atoms with Crippen molar-refractivity contribution < 1.29 is 5.11 Å². The second kappa shape index (κ2) is 7.81. The molecule has 0 amide bonds. The summed E-state index contributed by atoms with van der Waals surface area (Å²) in [6, 6.07) is 14.8. The largest absolute Gasteiger partial charge is 0.384 e. The molecule has 0 saturated heterocycles. The van der Waals surface area contributed by atoms with Crippen molar-refractivity contribution in [2.75, 3.05) is 11.9 Å². The van der Waals surface area contributed by atoms with Crippen LogP contribution in [0, 0.1) is 0 Å². The van der Waals surface area contributed by atoms with Gasteiger partial charge in [-0.25, -0.2) is 9.97 Å². The standard InChI is InChI=1S/C20H21ClN4O/c1-3-14-12-18(25-19(24-14)17-10-6-7-11-22-17)23-13-20(2,26)15-8-4-5-9-16(15)21/h4-12,26H,3,13H2,1-2H3,(H,23,24,25). The highest BCUT2D eigenvalue weighted by atomic mass is 35.5. The van der Waals surface area contributed by atoms with Gasteiger partial charge < -0.3 is 10.4 Å². The smallest absolute Gasteiger partial charge is 0.180 e. The van der Waals surface area contributed by atoms with Crippen molar-refractivity contribution >= 4 is 17.4 Å². The summed E-state index contributed by atoms with van der Waals surface area (Å²) in [5.74, 6) is 1.20. The third kappa shape index (κ3) is 4.18. The molecule has 134 valence electrons. The summed E-state index contributed by atoms with van der Waals surface area (Å²) >= 11 is 6.22. The average molecular weight is 369 g/mol. The van der Waals surface area contributed by atoms with Gasteiger partial charge in [-0.15, -0.1) is 0 Å². The van der Waals surface area contributed by atoms with Gasteiger partial charge in [0.2, 0.25) is 0 Å². The summed E-state index contributed by atoms with van der Waals surface area (Å²) in [7, 11) is 0. The zero-order valence-corrected chi connectivity index (χ0v) is 15.5. The van der Waals surface area contributed by atoms with Gasteiger partial charge in [-0.2, -0.15) is 0 Å². The number of pyridine rings is 1. The molecule has 0 fully saturated rings. The average Bonchev–Trinajstić information content (AvgIpc) is 2.67. The Kier molecular flexibility index (Phi) is 5.49. The SMILES string of the molecule is CCc1cc(NCC(C)(O)c2ccccc2Cl)nc(-c2ccccn2)n1. The number of aryl methyl sites for hydroxylation is 1. The van der Waals surface area contributed by atoms with Crippen LogP contribution in [-0.2, 0) is 12.0 Å². The summed E-state index contributed by atoms with van der Waals surface area (Å²) in [5, 5.41) is 14.6. The molecule has 6 heteroatoms. The number of benzene rings is 1. The highest BCUT2D eigenvalue weighted by Crippen LogP contribution is 2.28. The minimum Gasteiger partial charge on any atom is -0.384 e. The number of rotatable bonds is 6. The molecule has 0 saturated carbocycles. The fraction of sp³-hybridized carbons (Fsp3) is 0.250. The molecule has 3 rings (SSSR count). The summed E-state index contributed by atoms with van der Waals surface area (Å²) in [6.07, 6.45) is 2.49. The molecule has 0 aliphatic rings. The van der Waals surface area contributed by atoms with E-state index in [-0.39, 0.29) is 6.54 Å². The Balaban J connectivity index is 1.85. The normalized spacial score (nSPS) is 13.2. The molecule has 0 bridgehead atoms. The van der Waals surface area contributed by atoms with Gasteiger partial charge in [-0.05, 0) is 31.5 Å². The van der Waals surface area contributed by atoms with Gasteiger partial charge in [0.1, 0.15) is 17.1 Å². The number of hydrogen-bond donors (Lipinski definition) is 2. The van der Waals surface area contributed by atoms with E-state index < -0.39 is 5.60 Å². The van der Waals surface area contributed by atoms with Crippen molar-refractivity contribution in [1.29, 1.82) is 0 Å². The first-order valence-corrected chi connectivity index (χ1v) is 8.88. The van der Waals surface area contributed by atoms with Gasteiger partial charge in [-0.1, -0.05) is 42.8 Å². The van der Waals surface area contributed by atoms with E-state index in [1.54, 1.807) is 19.2 Å². The number of aromatic nitrogens is 3. The Hall–Kier alpha value is -2.50. The summed E-state index contributed by atoms with van der Waals surface area (Å²) in [4.78, 5) is 13.4. The lowest BCUT2D eigenvalue weighted by atomic mass is 9.96. The number of anilines is 1. The highest BCUT2D eigenvalue weighted by Gasteiger charge is 2.25. The van der Waals surface area contributed by atoms with E-state index in [0.29, 0.717) is 27.9 Å². The third-order valence-corrected chi connectivity index (χ3v) is 4.43. The van der Waals surface area contributed by atoms with E-state index in [2.05, 4.69) is 20.3 Å². The molecular formula is C20H21ClN4O. The molecule has 2 N–H and O–H groups in total. The molecule has 0 spiro atoms. The zero-order valence-electron chi connectivity index (χ0n) is 14.8. The molecule has 26 heavy (non-hydrogen) atoms. The Morgan fingerprint density at radius 2 is 1.88 bits per heavy atom. The van der Waals surface area contributed by atoms with Crippen molar-refractivity contribution in [2.24, 2.45) is 0 Å². The van der Waals surface area contributed by atoms with Crippen LogP contribution in [0.15, 0.2) is 54.7 Å². The van der Waals surface area contributed by atoms with E-state index in [1.807, 2.05) is 49.4 Å². The maximum atomic E-state index is 10.8. The maximum Gasteiger partial charge on any atom is 0.180 e. The molecular weight excluding hydrogens is 348 g/mol. The van der Waals surface area contributed by atoms with Crippen LogP contribution < -0.4 is 5.32 Å². The molecule has 2 aromatic heterocycles. The lowest BCUT2D eigenvalue weighted by Gasteiger charge is -2.25. The number of nitrogens with zero attached hydrogens (tertiary/aromatic N) is 3. The van der Waals surface area contributed by atoms with Crippen molar-refractivity contribution in [3.63, 3.8) is 0 Å². The molecule has 3 aromatic rings. The van der Waals surface area contributed by atoms with E-state index in [4.69, 9.17) is 11.6 Å². The predicted molar refractivity (Wildman–Crippen MR) is 104 cm³/mol. The fourth-order valence-corrected chi connectivity index (χ4v) is 2.97. The molecule has 2 heterocycles. The van der Waals surface area contributed by atoms with Crippen LogP contribution in [0.25, 0.3) is 11.5 Å². The molecule has 0 aliphatic carbocycles. The van der Waals surface area contributed by atoms with Crippen LogP contribution in [0.5, 0.6) is 0 Å². The van der Waals surface area contributed by atoms with E-state index in [9.17, 15) is 5.11 Å². The molecule has 1 unspecified atom stereocenters. The minimum atomic E-state index is -1.14. The first-order valence-electron chi connectivity index (χ1n) is 8.50. The van der Waals surface area contributed by atoms with Crippen molar-refractivity contribution in [1.82, 2.24) is 15.0 Å². The van der Waals surface area contributed by atoms with Crippen molar-refractivity contribution in [2.45, 2.75) is 25.9 Å². The van der Waals surface area contributed by atoms with Gasteiger partial charge in [0.05, 0.1) is 0 Å². The highest BCUT2D eigenvalue weighted by molar-refractivity contribution is 6.31. The van der Waals surface area contributed by atoms with Gasteiger partial charge in [0.15, 0.2) is 5.82 Å². The first-order chi connectivity index (χ1) is 12.5. The lowest BCUT2D eigenvalue weighted by molar-refractivity contribution is 0.0715. The predicted octanol–water partition coefficient (Wildman–Crippen LogP) is 4.07. The topological polar surface area (TPSA) is 70.9 Å². The summed E-state index contributed by atoms with van der Waals surface area (Å²) < 4.78 is 0. The fourth-order valence-electron chi connectivity index (χ4n) is 2.63. The number of aliphatic hydroxyl groups is 1.